The third-order valence-electron chi connectivity index (χ3n) is 5.93. The van der Waals surface area contributed by atoms with Crippen LogP contribution in [0.25, 0.3) is 0 Å². The number of halogens is 1. The maximum Gasteiger partial charge on any atom is 0.254 e. The van der Waals surface area contributed by atoms with Crippen LogP contribution in [0.2, 0.25) is 0 Å². The average Bonchev–Trinajstić information content (AvgIpc) is 3.25. The highest BCUT2D eigenvalue weighted by molar-refractivity contribution is 5.97. The van der Waals surface area contributed by atoms with Crippen molar-refractivity contribution in [2.75, 3.05) is 13.1 Å². The van der Waals surface area contributed by atoms with E-state index >= 15 is 0 Å². The van der Waals surface area contributed by atoms with Crippen LogP contribution in [0.5, 0.6) is 0 Å². The van der Waals surface area contributed by atoms with Gasteiger partial charge in [0.2, 0.25) is 5.91 Å². The summed E-state index contributed by atoms with van der Waals surface area (Å²) in [5.41, 5.74) is 1.29. The normalized spacial score (nSPS) is 15.9. The van der Waals surface area contributed by atoms with Crippen molar-refractivity contribution < 1.29 is 14.0 Å². The van der Waals surface area contributed by atoms with Crippen molar-refractivity contribution in [3.05, 3.63) is 95.6 Å². The Labute approximate surface area is 188 Å². The molecule has 1 atom stereocenters. The fourth-order valence-corrected chi connectivity index (χ4v) is 4.25. The van der Waals surface area contributed by atoms with Gasteiger partial charge in [-0.2, -0.15) is 0 Å². The largest absolute Gasteiger partial charge is 0.348 e. The molecule has 2 heterocycles. The molecular formula is C26H28FN3O2. The molecule has 0 spiro atoms. The molecule has 0 saturated carbocycles. The number of aromatic nitrogens is 1. The highest BCUT2D eigenvalue weighted by Crippen LogP contribution is 2.34. The van der Waals surface area contributed by atoms with Gasteiger partial charge in [-0.25, -0.2) is 4.39 Å². The molecule has 2 aromatic carbocycles. The van der Waals surface area contributed by atoms with E-state index in [1.807, 2.05) is 57.3 Å². The Balaban J connectivity index is 1.67. The summed E-state index contributed by atoms with van der Waals surface area (Å²) < 4.78 is 16.9. The maximum absolute atomic E-state index is 14.8. The lowest BCUT2D eigenvalue weighted by molar-refractivity contribution is -0.135. The van der Waals surface area contributed by atoms with Gasteiger partial charge in [-0.15, -0.1) is 0 Å². The Kier molecular flexibility index (Phi) is 5.87. The lowest BCUT2D eigenvalue weighted by Crippen LogP contribution is -2.53. The number of amides is 2. The second kappa shape index (κ2) is 8.61. The number of benzene rings is 2. The zero-order chi connectivity index (χ0) is 22.9. The number of hydrogen-bond donors (Lipinski definition) is 0. The third kappa shape index (κ3) is 4.17. The van der Waals surface area contributed by atoms with Crippen molar-refractivity contribution in [1.82, 2.24) is 14.4 Å². The van der Waals surface area contributed by atoms with Crippen molar-refractivity contribution in [2.24, 2.45) is 0 Å². The van der Waals surface area contributed by atoms with E-state index in [2.05, 4.69) is 4.57 Å². The Morgan fingerprint density at radius 1 is 0.969 bits per heavy atom. The molecule has 1 unspecified atom stereocenters. The van der Waals surface area contributed by atoms with Gasteiger partial charge in [0.05, 0.1) is 0 Å². The molecule has 0 fully saturated rings. The lowest BCUT2D eigenvalue weighted by Gasteiger charge is -2.41. The first-order chi connectivity index (χ1) is 15.3. The van der Waals surface area contributed by atoms with Gasteiger partial charge in [0, 0.05) is 41.6 Å². The van der Waals surface area contributed by atoms with E-state index < -0.39 is 11.6 Å². The molecule has 0 aliphatic carbocycles. The van der Waals surface area contributed by atoms with Gasteiger partial charge < -0.3 is 14.4 Å². The van der Waals surface area contributed by atoms with Gasteiger partial charge in [0.15, 0.2) is 0 Å². The predicted octanol–water partition coefficient (Wildman–Crippen LogP) is 4.50. The number of carbonyl (C=O) groups is 2. The summed E-state index contributed by atoms with van der Waals surface area (Å²) in [5.74, 6) is -0.753. The Morgan fingerprint density at radius 3 is 2.34 bits per heavy atom. The maximum atomic E-state index is 14.8. The van der Waals surface area contributed by atoms with E-state index in [0.29, 0.717) is 24.2 Å². The second-order valence-electron chi connectivity index (χ2n) is 9.07. The fraction of sp³-hybridized carbons (Fsp3) is 0.308. The number of nitrogens with zero attached hydrogens (tertiary/aromatic N) is 3. The highest BCUT2D eigenvalue weighted by atomic mass is 19.1. The van der Waals surface area contributed by atoms with Crippen LogP contribution in [0.3, 0.4) is 0 Å². The molecule has 0 saturated heterocycles. The first kappa shape index (κ1) is 21.8. The summed E-state index contributed by atoms with van der Waals surface area (Å²) in [6.45, 7) is 6.73. The molecule has 1 aliphatic rings. The summed E-state index contributed by atoms with van der Waals surface area (Å²) >= 11 is 0. The molecule has 0 radical (unpaired) electrons. The zero-order valence-electron chi connectivity index (χ0n) is 18.7. The van der Waals surface area contributed by atoms with Crippen molar-refractivity contribution in [2.45, 2.75) is 38.9 Å². The quantitative estimate of drug-likeness (QED) is 0.608. The van der Waals surface area contributed by atoms with Crippen molar-refractivity contribution in [1.29, 1.82) is 0 Å². The van der Waals surface area contributed by atoms with Crippen LogP contribution in [0.1, 0.15) is 48.4 Å². The van der Waals surface area contributed by atoms with E-state index in [1.165, 1.54) is 6.07 Å². The van der Waals surface area contributed by atoms with Gasteiger partial charge in [-0.1, -0.05) is 36.4 Å². The van der Waals surface area contributed by atoms with Crippen molar-refractivity contribution >= 4 is 11.8 Å². The highest BCUT2D eigenvalue weighted by Gasteiger charge is 2.37. The van der Waals surface area contributed by atoms with Gasteiger partial charge in [-0.3, -0.25) is 9.59 Å². The van der Waals surface area contributed by atoms with Crippen LogP contribution in [0.15, 0.2) is 72.9 Å². The summed E-state index contributed by atoms with van der Waals surface area (Å²) in [6.07, 6.45) is 1.95. The van der Waals surface area contributed by atoms with Gasteiger partial charge >= 0.3 is 0 Å². The predicted molar refractivity (Wildman–Crippen MR) is 122 cm³/mol. The zero-order valence-corrected chi connectivity index (χ0v) is 18.7. The van der Waals surface area contributed by atoms with E-state index in [4.69, 9.17) is 0 Å². The number of carbonyl (C=O) groups excluding carboxylic acids is 2. The average molecular weight is 434 g/mol. The SMILES string of the molecule is CC(C)(C)N(CC(=O)N1CCn2cccc2C1c1ccccc1F)C(=O)c1ccccc1. The summed E-state index contributed by atoms with van der Waals surface area (Å²) in [6, 6.07) is 18.8. The summed E-state index contributed by atoms with van der Waals surface area (Å²) in [4.78, 5) is 30.2. The van der Waals surface area contributed by atoms with E-state index in [-0.39, 0.29) is 24.2 Å². The molecule has 1 aromatic heterocycles. The minimum atomic E-state index is -0.563. The molecule has 0 bridgehead atoms. The van der Waals surface area contributed by atoms with Crippen LogP contribution in [0, 0.1) is 5.82 Å². The number of rotatable bonds is 4. The molecule has 0 N–H and O–H groups in total. The van der Waals surface area contributed by atoms with Crippen LogP contribution in [-0.2, 0) is 11.3 Å². The molecule has 32 heavy (non-hydrogen) atoms. The lowest BCUT2D eigenvalue weighted by atomic mass is 9.98. The van der Waals surface area contributed by atoms with Crippen molar-refractivity contribution in [3.63, 3.8) is 0 Å². The smallest absolute Gasteiger partial charge is 0.254 e. The van der Waals surface area contributed by atoms with Crippen LogP contribution >= 0.6 is 0 Å². The van der Waals surface area contributed by atoms with Gasteiger partial charge in [0.25, 0.3) is 5.91 Å². The Hall–Kier alpha value is -3.41. The minimum absolute atomic E-state index is 0.0805. The molecule has 5 nitrogen and oxygen atoms in total. The first-order valence-corrected chi connectivity index (χ1v) is 10.8. The van der Waals surface area contributed by atoms with Gasteiger partial charge in [0.1, 0.15) is 18.4 Å². The molecular weight excluding hydrogens is 405 g/mol. The summed E-state index contributed by atoms with van der Waals surface area (Å²) in [5, 5.41) is 0. The third-order valence-corrected chi connectivity index (χ3v) is 5.93. The van der Waals surface area contributed by atoms with E-state index in [1.54, 1.807) is 40.1 Å². The number of fused-ring (bicyclic) bond motifs is 1. The molecule has 166 valence electrons. The Bertz CT molecular complexity index is 1120. The summed E-state index contributed by atoms with van der Waals surface area (Å²) in [7, 11) is 0. The molecule has 1 aliphatic heterocycles. The van der Waals surface area contributed by atoms with Crippen LogP contribution in [-0.4, -0.2) is 44.8 Å². The Morgan fingerprint density at radius 2 is 1.66 bits per heavy atom. The topological polar surface area (TPSA) is 45.6 Å². The van der Waals surface area contributed by atoms with E-state index in [9.17, 15) is 14.0 Å². The monoisotopic (exact) mass is 433 g/mol. The van der Waals surface area contributed by atoms with Crippen molar-refractivity contribution in [3.8, 4) is 0 Å². The number of hydrogen-bond acceptors (Lipinski definition) is 2. The second-order valence-corrected chi connectivity index (χ2v) is 9.07. The molecule has 4 rings (SSSR count). The van der Waals surface area contributed by atoms with E-state index in [0.717, 1.165) is 5.69 Å². The fourth-order valence-electron chi connectivity index (χ4n) is 4.25. The standard InChI is InChI=1S/C26H28FN3O2/c1-26(2,3)30(25(32)19-10-5-4-6-11-19)18-23(31)29-17-16-28-15-9-14-22(28)24(29)20-12-7-8-13-21(20)27/h4-15,24H,16-18H2,1-3H3. The van der Waals surface area contributed by atoms with Crippen LogP contribution < -0.4 is 0 Å². The van der Waals surface area contributed by atoms with Gasteiger partial charge in [-0.05, 0) is 51.1 Å². The molecule has 2 amide bonds. The molecule has 6 heteroatoms. The minimum Gasteiger partial charge on any atom is -0.348 e. The van der Waals surface area contributed by atoms with Crippen LogP contribution in [0.4, 0.5) is 4.39 Å². The first-order valence-electron chi connectivity index (χ1n) is 10.8. The molecule has 3 aromatic rings.